The van der Waals surface area contributed by atoms with Crippen molar-refractivity contribution in [2.24, 2.45) is 0 Å². The Morgan fingerprint density at radius 2 is 1.96 bits per heavy atom. The highest BCUT2D eigenvalue weighted by Gasteiger charge is 2.14. The molecule has 25 heavy (non-hydrogen) atoms. The van der Waals surface area contributed by atoms with Gasteiger partial charge in [0.1, 0.15) is 7.85 Å². The van der Waals surface area contributed by atoms with Crippen molar-refractivity contribution in [2.75, 3.05) is 11.9 Å². The average Bonchev–Trinajstić information content (AvgIpc) is 3.04. The molecule has 3 rings (SSSR count). The molecule has 0 aliphatic carbocycles. The summed E-state index contributed by atoms with van der Waals surface area (Å²) >= 11 is 0. The second-order valence-corrected chi connectivity index (χ2v) is 7.22. The number of nitrogens with zero attached hydrogens (tertiary/aromatic N) is 2. The van der Waals surface area contributed by atoms with E-state index in [1.807, 2.05) is 24.5 Å². The van der Waals surface area contributed by atoms with Gasteiger partial charge in [0.15, 0.2) is 0 Å². The van der Waals surface area contributed by atoms with Crippen LogP contribution in [0.4, 0.5) is 11.4 Å². The zero-order valence-electron chi connectivity index (χ0n) is 15.0. The number of nitrogens with one attached hydrogen (secondary N) is 1. The van der Waals surface area contributed by atoms with E-state index in [-0.39, 0.29) is 11.9 Å². The first kappa shape index (κ1) is 17.3. The van der Waals surface area contributed by atoms with Gasteiger partial charge in [-0.25, -0.2) is 0 Å². The van der Waals surface area contributed by atoms with Gasteiger partial charge in [-0.1, -0.05) is 44.2 Å². The Morgan fingerprint density at radius 3 is 2.72 bits per heavy atom. The van der Waals surface area contributed by atoms with Crippen LogP contribution in [0.5, 0.6) is 0 Å². The molecule has 128 valence electrons. The van der Waals surface area contributed by atoms with Crippen LogP contribution in [-0.2, 0) is 11.9 Å². The molecule has 0 spiro atoms. The highest BCUT2D eigenvalue weighted by atomic mass is 16.3. The largest absolute Gasteiger partial charge is 0.394 e. The van der Waals surface area contributed by atoms with Crippen molar-refractivity contribution in [3.05, 3.63) is 66.5 Å². The van der Waals surface area contributed by atoms with Crippen molar-refractivity contribution in [3.8, 4) is 11.1 Å². The van der Waals surface area contributed by atoms with Crippen molar-refractivity contribution in [2.45, 2.75) is 25.7 Å². The van der Waals surface area contributed by atoms with Crippen molar-refractivity contribution in [1.29, 1.82) is 0 Å². The molecule has 0 unspecified atom stereocenters. The lowest BCUT2D eigenvalue weighted by Gasteiger charge is -2.20. The third-order valence-electron chi connectivity index (χ3n) is 4.21. The molecule has 1 heterocycles. The molecule has 5 heteroatoms. The number of rotatable bonds is 6. The van der Waals surface area contributed by atoms with Crippen LogP contribution < -0.4 is 5.32 Å². The van der Waals surface area contributed by atoms with Gasteiger partial charge in [0.05, 0.1) is 19.3 Å². The average molecular weight is 333 g/mol. The van der Waals surface area contributed by atoms with E-state index in [1.165, 1.54) is 5.56 Å². The van der Waals surface area contributed by atoms with E-state index in [2.05, 4.69) is 68.5 Å². The van der Waals surface area contributed by atoms with Gasteiger partial charge in [0.2, 0.25) is 0 Å². The van der Waals surface area contributed by atoms with Gasteiger partial charge in [0.25, 0.3) is 0 Å². The third-order valence-corrected chi connectivity index (χ3v) is 4.21. The summed E-state index contributed by atoms with van der Waals surface area (Å²) in [5.74, 6) is 0. The SMILES string of the molecule is BC(C)(C)c1cccc(Nc2ccccc2-c2cnn(CCO)c2)c1. The van der Waals surface area contributed by atoms with E-state index in [0.717, 1.165) is 22.5 Å². The number of benzene rings is 2. The van der Waals surface area contributed by atoms with E-state index in [1.54, 1.807) is 4.68 Å². The summed E-state index contributed by atoms with van der Waals surface area (Å²) in [6, 6.07) is 16.7. The monoisotopic (exact) mass is 333 g/mol. The molecule has 0 fully saturated rings. The maximum atomic E-state index is 9.07. The minimum Gasteiger partial charge on any atom is -0.394 e. The van der Waals surface area contributed by atoms with Gasteiger partial charge < -0.3 is 10.4 Å². The van der Waals surface area contributed by atoms with Crippen molar-refractivity contribution < 1.29 is 5.11 Å². The first-order valence-corrected chi connectivity index (χ1v) is 8.57. The molecule has 0 amide bonds. The molecule has 0 aliphatic heterocycles. The van der Waals surface area contributed by atoms with Crippen molar-refractivity contribution in [1.82, 2.24) is 9.78 Å². The smallest absolute Gasteiger partial charge is 0.114 e. The van der Waals surface area contributed by atoms with Gasteiger partial charge in [-0.15, -0.1) is 0 Å². The zero-order chi connectivity index (χ0) is 17.9. The van der Waals surface area contributed by atoms with Crippen molar-refractivity contribution >= 4 is 19.2 Å². The normalized spacial score (nSPS) is 11.5. The van der Waals surface area contributed by atoms with Gasteiger partial charge in [-0.05, 0) is 29.1 Å². The van der Waals surface area contributed by atoms with Crippen LogP contribution in [0.25, 0.3) is 11.1 Å². The maximum absolute atomic E-state index is 9.07. The van der Waals surface area contributed by atoms with E-state index >= 15 is 0 Å². The van der Waals surface area contributed by atoms with E-state index < -0.39 is 0 Å². The predicted octanol–water partition coefficient (Wildman–Crippen LogP) is 3.15. The number of anilines is 2. The van der Waals surface area contributed by atoms with E-state index in [9.17, 15) is 0 Å². The molecule has 4 nitrogen and oxygen atoms in total. The van der Waals surface area contributed by atoms with Crippen LogP contribution in [-0.4, -0.2) is 29.3 Å². The Hall–Kier alpha value is -2.53. The van der Waals surface area contributed by atoms with Crippen LogP contribution in [0.15, 0.2) is 60.9 Å². The number of hydrogen-bond donors (Lipinski definition) is 2. The second kappa shape index (κ2) is 7.15. The fraction of sp³-hybridized carbons (Fsp3) is 0.250. The van der Waals surface area contributed by atoms with Crippen LogP contribution >= 0.6 is 0 Å². The Balaban J connectivity index is 1.91. The van der Waals surface area contributed by atoms with Crippen LogP contribution in [0.1, 0.15) is 19.4 Å². The molecular weight excluding hydrogens is 309 g/mol. The molecule has 2 aromatic carbocycles. The highest BCUT2D eigenvalue weighted by molar-refractivity contribution is 6.15. The molecule has 2 N–H and O–H groups in total. The van der Waals surface area contributed by atoms with Gasteiger partial charge in [-0.2, -0.15) is 5.10 Å². The molecule has 0 atom stereocenters. The quantitative estimate of drug-likeness (QED) is 0.682. The van der Waals surface area contributed by atoms with Gasteiger partial charge >= 0.3 is 0 Å². The fourth-order valence-corrected chi connectivity index (χ4v) is 2.79. The van der Waals surface area contributed by atoms with Crippen LogP contribution in [0.2, 0.25) is 0 Å². The zero-order valence-corrected chi connectivity index (χ0v) is 15.0. The summed E-state index contributed by atoms with van der Waals surface area (Å²) in [7, 11) is 2.22. The lowest BCUT2D eigenvalue weighted by molar-refractivity contribution is 0.269. The van der Waals surface area contributed by atoms with Crippen LogP contribution in [0.3, 0.4) is 0 Å². The van der Waals surface area contributed by atoms with Crippen LogP contribution in [0, 0.1) is 0 Å². The topological polar surface area (TPSA) is 50.1 Å². The lowest BCUT2D eigenvalue weighted by atomic mass is 9.67. The molecule has 0 saturated carbocycles. The summed E-state index contributed by atoms with van der Waals surface area (Å²) < 4.78 is 1.76. The summed E-state index contributed by atoms with van der Waals surface area (Å²) in [6.07, 6.45) is 3.80. The molecule has 0 radical (unpaired) electrons. The summed E-state index contributed by atoms with van der Waals surface area (Å²) in [4.78, 5) is 0. The summed E-state index contributed by atoms with van der Waals surface area (Å²) in [5.41, 5.74) is 5.53. The predicted molar refractivity (Wildman–Crippen MR) is 106 cm³/mol. The molecule has 0 bridgehead atoms. The molecule has 0 saturated heterocycles. The molecular formula is C20H24BN3O. The number of aliphatic hydroxyl groups excluding tert-OH is 1. The minimum absolute atomic E-state index is 0.0839. The Bertz CT molecular complexity index is 852. The highest BCUT2D eigenvalue weighted by Crippen LogP contribution is 2.31. The second-order valence-electron chi connectivity index (χ2n) is 7.22. The Morgan fingerprint density at radius 1 is 1.16 bits per heavy atom. The van der Waals surface area contributed by atoms with Gasteiger partial charge in [0, 0.05) is 28.7 Å². The lowest BCUT2D eigenvalue weighted by Crippen LogP contribution is -2.16. The van der Waals surface area contributed by atoms with E-state index in [4.69, 9.17) is 5.11 Å². The molecule has 1 aromatic heterocycles. The number of aliphatic hydroxyl groups is 1. The summed E-state index contributed by atoms with van der Waals surface area (Å²) in [5, 5.41) is 17.0. The Kier molecular flexibility index (Phi) is 4.95. The molecule has 0 aliphatic rings. The van der Waals surface area contributed by atoms with Gasteiger partial charge in [-0.3, -0.25) is 4.68 Å². The third kappa shape index (κ3) is 4.12. The standard InChI is InChI=1S/C20H24BN3O/c1-20(2,21)16-6-5-7-17(12-16)23-19-9-4-3-8-18(19)15-13-22-24(14-15)10-11-25/h3-9,12-14,23,25H,10-11,21H2,1-2H3. The Labute approximate surface area is 149 Å². The fourth-order valence-electron chi connectivity index (χ4n) is 2.79. The molecule has 3 aromatic rings. The van der Waals surface area contributed by atoms with Crippen molar-refractivity contribution in [3.63, 3.8) is 0 Å². The first-order chi connectivity index (χ1) is 12.0. The number of para-hydroxylation sites is 1. The number of hydrogen-bond acceptors (Lipinski definition) is 3. The van der Waals surface area contributed by atoms with E-state index in [0.29, 0.717) is 6.54 Å². The minimum atomic E-state index is 0.0839. The maximum Gasteiger partial charge on any atom is 0.114 e. The first-order valence-electron chi connectivity index (χ1n) is 8.57. The summed E-state index contributed by atoms with van der Waals surface area (Å²) in [6.45, 7) is 5.02. The number of aromatic nitrogens is 2.